The van der Waals surface area contributed by atoms with Gasteiger partial charge in [-0.2, -0.15) is 13.2 Å². The molecule has 0 radical (unpaired) electrons. The fourth-order valence-electron chi connectivity index (χ4n) is 2.11. The number of alkyl halides is 3. The van der Waals surface area contributed by atoms with Crippen molar-refractivity contribution in [1.29, 1.82) is 0 Å². The number of carbonyl (C=O) groups excluding carboxylic acids is 1. The van der Waals surface area contributed by atoms with Crippen molar-refractivity contribution in [2.75, 3.05) is 0 Å². The maximum Gasteiger partial charge on any atom is 0.416 e. The van der Waals surface area contributed by atoms with Crippen LogP contribution in [0.1, 0.15) is 11.1 Å². The summed E-state index contributed by atoms with van der Waals surface area (Å²) >= 11 is 0. The Labute approximate surface area is 136 Å². The number of rotatable bonds is 3. The molecule has 2 aromatic rings. The molecule has 5 nitrogen and oxygen atoms in total. The fraction of sp³-hybridized carbons (Fsp3) is 0.0667. The predicted octanol–water partition coefficient (Wildman–Crippen LogP) is 2.84. The molecule has 1 unspecified atom stereocenters. The highest BCUT2D eigenvalue weighted by Crippen LogP contribution is 2.37. The Hall–Kier alpha value is -2.68. The average Bonchev–Trinajstić information content (AvgIpc) is 2.86. The monoisotopic (exact) mass is 354 g/mol. The Balaban J connectivity index is 1.93. The van der Waals surface area contributed by atoms with E-state index in [1.807, 2.05) is 0 Å². The minimum Gasteiger partial charge on any atom is -0.455 e. The van der Waals surface area contributed by atoms with Crippen LogP contribution in [-0.4, -0.2) is 15.1 Å². The summed E-state index contributed by atoms with van der Waals surface area (Å²) in [6, 6.07) is 4.09. The molecule has 2 heterocycles. The lowest BCUT2D eigenvalue weighted by Gasteiger charge is -2.10. The van der Waals surface area contributed by atoms with Gasteiger partial charge in [0.15, 0.2) is 5.75 Å². The molecule has 1 aromatic carbocycles. The number of nitrogens with zero attached hydrogens (tertiary/aromatic N) is 1. The Bertz CT molecular complexity index is 877. The highest BCUT2D eigenvalue weighted by Gasteiger charge is 2.30. The zero-order valence-electron chi connectivity index (χ0n) is 11.8. The smallest absolute Gasteiger partial charge is 0.416 e. The van der Waals surface area contributed by atoms with Crippen LogP contribution in [0, 0.1) is 0 Å². The van der Waals surface area contributed by atoms with Crippen LogP contribution in [0.5, 0.6) is 11.5 Å². The van der Waals surface area contributed by atoms with E-state index in [1.54, 1.807) is 0 Å². The molecule has 124 valence electrons. The van der Waals surface area contributed by atoms with E-state index in [0.717, 1.165) is 24.3 Å². The Morgan fingerprint density at radius 1 is 1.17 bits per heavy atom. The van der Waals surface area contributed by atoms with Gasteiger partial charge in [-0.25, -0.2) is 4.21 Å². The molecule has 0 fully saturated rings. The number of fused-ring (bicyclic) bond motifs is 1. The number of hydrogen-bond donors (Lipinski definition) is 1. The van der Waals surface area contributed by atoms with Crippen molar-refractivity contribution in [2.45, 2.75) is 11.1 Å². The number of hydrogen-bond acceptors (Lipinski definition) is 4. The van der Waals surface area contributed by atoms with Crippen molar-refractivity contribution in [3.8, 4) is 11.5 Å². The number of amides is 1. The lowest BCUT2D eigenvalue weighted by molar-refractivity contribution is -0.137. The first kappa shape index (κ1) is 16.2. The number of pyridine rings is 1. The molecule has 0 saturated carbocycles. The lowest BCUT2D eigenvalue weighted by Crippen LogP contribution is -2.15. The second-order valence-corrected chi connectivity index (χ2v) is 6.23. The van der Waals surface area contributed by atoms with Crippen LogP contribution in [0.4, 0.5) is 13.2 Å². The Kier molecular flexibility index (Phi) is 3.88. The normalized spacial score (nSPS) is 16.5. The van der Waals surface area contributed by atoms with Crippen molar-refractivity contribution in [2.24, 2.45) is 5.73 Å². The highest BCUT2D eigenvalue weighted by atomic mass is 32.2. The number of ether oxygens (including phenoxy) is 1. The number of aromatic nitrogens is 1. The molecule has 1 aliphatic heterocycles. The Morgan fingerprint density at radius 3 is 2.42 bits per heavy atom. The van der Waals surface area contributed by atoms with Crippen LogP contribution in [0.3, 0.4) is 0 Å². The third-order valence-electron chi connectivity index (χ3n) is 3.24. The van der Waals surface area contributed by atoms with Crippen LogP contribution >= 0.6 is 0 Å². The molecule has 3 rings (SSSR count). The molecule has 24 heavy (non-hydrogen) atoms. The zero-order chi connectivity index (χ0) is 17.5. The van der Waals surface area contributed by atoms with Gasteiger partial charge < -0.3 is 10.5 Å². The van der Waals surface area contributed by atoms with E-state index in [4.69, 9.17) is 10.5 Å². The van der Waals surface area contributed by atoms with E-state index in [-0.39, 0.29) is 21.3 Å². The number of nitrogens with two attached hydrogens (primary N) is 1. The number of benzene rings is 1. The van der Waals surface area contributed by atoms with Gasteiger partial charge in [-0.05, 0) is 30.3 Å². The van der Waals surface area contributed by atoms with Gasteiger partial charge in [-0.1, -0.05) is 0 Å². The summed E-state index contributed by atoms with van der Waals surface area (Å²) in [5.41, 5.74) is 4.72. The zero-order valence-corrected chi connectivity index (χ0v) is 12.6. The molecule has 9 heteroatoms. The highest BCUT2D eigenvalue weighted by molar-refractivity contribution is 7.90. The standard InChI is InChI=1S/C15H9F3N2O3S/c16-15(17,18)8-1-3-9(4-2-8)23-11-6-20-7-13-10(11)5-12(14(19)21)24(13)22/h1-7H,(H2,19,21). The van der Waals surface area contributed by atoms with Crippen LogP contribution in [0.15, 0.2) is 46.5 Å². The van der Waals surface area contributed by atoms with Gasteiger partial charge in [0.1, 0.15) is 10.7 Å². The minimum absolute atomic E-state index is 0.0877. The molecule has 0 saturated heterocycles. The van der Waals surface area contributed by atoms with Gasteiger partial charge in [0.2, 0.25) is 0 Å². The summed E-state index contributed by atoms with van der Waals surface area (Å²) in [4.78, 5) is 15.3. The summed E-state index contributed by atoms with van der Waals surface area (Å²) < 4.78 is 55.3. The van der Waals surface area contributed by atoms with Crippen LogP contribution in [0.25, 0.3) is 6.08 Å². The molecule has 1 aromatic heterocycles. The first-order chi connectivity index (χ1) is 11.3. The van der Waals surface area contributed by atoms with E-state index >= 15 is 0 Å². The maximum atomic E-state index is 12.6. The minimum atomic E-state index is -4.44. The van der Waals surface area contributed by atoms with Gasteiger partial charge in [0.25, 0.3) is 5.91 Å². The van der Waals surface area contributed by atoms with Crippen LogP contribution in [-0.2, 0) is 21.8 Å². The van der Waals surface area contributed by atoms with Crippen LogP contribution < -0.4 is 10.5 Å². The summed E-state index contributed by atoms with van der Waals surface area (Å²) in [6.45, 7) is 0. The van der Waals surface area contributed by atoms with Gasteiger partial charge in [-0.15, -0.1) is 0 Å². The molecule has 1 amide bonds. The molecule has 2 N–H and O–H groups in total. The SMILES string of the molecule is NC(=O)C1=Cc2c(Oc3ccc(C(F)(F)F)cc3)cncc2S1=O. The first-order valence-electron chi connectivity index (χ1n) is 6.54. The first-order valence-corrected chi connectivity index (χ1v) is 7.69. The quantitative estimate of drug-likeness (QED) is 0.919. The van der Waals surface area contributed by atoms with Crippen molar-refractivity contribution >= 4 is 22.8 Å². The number of halogens is 3. The molecule has 0 bridgehead atoms. The fourth-order valence-corrected chi connectivity index (χ4v) is 3.27. The lowest BCUT2D eigenvalue weighted by atomic mass is 10.2. The second-order valence-electron chi connectivity index (χ2n) is 4.82. The van der Waals surface area contributed by atoms with Crippen molar-refractivity contribution in [1.82, 2.24) is 4.98 Å². The molecule has 1 atom stereocenters. The van der Waals surface area contributed by atoms with E-state index in [2.05, 4.69) is 4.98 Å². The van der Waals surface area contributed by atoms with Crippen LogP contribution in [0.2, 0.25) is 0 Å². The number of carbonyl (C=O) groups is 1. The largest absolute Gasteiger partial charge is 0.455 e. The van der Waals surface area contributed by atoms with Gasteiger partial charge in [0.05, 0.1) is 27.5 Å². The van der Waals surface area contributed by atoms with Crippen molar-refractivity contribution in [3.05, 3.63) is 52.7 Å². The maximum absolute atomic E-state index is 12.6. The molecule has 0 aliphatic carbocycles. The predicted molar refractivity (Wildman–Crippen MR) is 79.3 cm³/mol. The van der Waals surface area contributed by atoms with E-state index in [0.29, 0.717) is 5.56 Å². The third-order valence-corrected chi connectivity index (χ3v) is 4.69. The summed E-state index contributed by atoms with van der Waals surface area (Å²) in [5, 5.41) is 0. The summed E-state index contributed by atoms with van der Waals surface area (Å²) in [6.07, 6.45) is -0.482. The van der Waals surface area contributed by atoms with Gasteiger partial charge in [0, 0.05) is 11.8 Å². The Morgan fingerprint density at radius 2 is 1.83 bits per heavy atom. The van der Waals surface area contributed by atoms with Gasteiger partial charge >= 0.3 is 6.18 Å². The summed E-state index contributed by atoms with van der Waals surface area (Å²) in [7, 11) is -1.75. The topological polar surface area (TPSA) is 82.3 Å². The van der Waals surface area contributed by atoms with Crippen molar-refractivity contribution < 1.29 is 26.9 Å². The molecular weight excluding hydrogens is 345 g/mol. The van der Waals surface area contributed by atoms with Crippen molar-refractivity contribution in [3.63, 3.8) is 0 Å². The van der Waals surface area contributed by atoms with Gasteiger partial charge in [-0.3, -0.25) is 9.78 Å². The van der Waals surface area contributed by atoms with E-state index in [1.165, 1.54) is 18.5 Å². The summed E-state index contributed by atoms with van der Waals surface area (Å²) in [5.74, 6) is -0.522. The molecule has 1 aliphatic rings. The average molecular weight is 354 g/mol. The second kappa shape index (κ2) is 5.75. The van der Waals surface area contributed by atoms with E-state index in [9.17, 15) is 22.2 Å². The molecular formula is C15H9F3N2O3S. The molecule has 0 spiro atoms. The third kappa shape index (κ3) is 2.90. The van der Waals surface area contributed by atoms with E-state index < -0.39 is 28.4 Å². The number of primary amides is 1.